The molecule has 5 N–H and O–H groups in total. The molecule has 0 fully saturated rings. The van der Waals surface area contributed by atoms with Gasteiger partial charge >= 0.3 is 0 Å². The molecule has 0 aliphatic heterocycles. The topological polar surface area (TPSA) is 143 Å². The van der Waals surface area contributed by atoms with Crippen LogP contribution in [-0.2, 0) is 5.54 Å². The van der Waals surface area contributed by atoms with Gasteiger partial charge in [0.15, 0.2) is 11.5 Å². The monoisotopic (exact) mass is 539 g/mol. The molecule has 4 heterocycles. The SMILES string of the molecule is COc1cc2ncc3c(N)nc(-c4cncc(OC[C@@H](N)CNC(C)(C)c5ccccn5)c4)cc3c2cc1OC. The number of pyridine rings is 4. The third-order valence-electron chi connectivity index (χ3n) is 6.80. The van der Waals surface area contributed by atoms with Gasteiger partial charge in [-0.25, -0.2) is 4.98 Å². The maximum Gasteiger partial charge on any atom is 0.162 e. The molecular weight excluding hydrogens is 506 g/mol. The highest BCUT2D eigenvalue weighted by Gasteiger charge is 2.22. The van der Waals surface area contributed by atoms with E-state index in [4.69, 9.17) is 25.7 Å². The van der Waals surface area contributed by atoms with Crippen LogP contribution in [0, 0.1) is 0 Å². The number of rotatable bonds is 10. The Hall–Kier alpha value is -4.54. The van der Waals surface area contributed by atoms with Crippen LogP contribution in [0.15, 0.2) is 67.3 Å². The van der Waals surface area contributed by atoms with Gasteiger partial charge in [0, 0.05) is 47.5 Å². The maximum absolute atomic E-state index is 6.37. The fourth-order valence-corrected chi connectivity index (χ4v) is 4.52. The van der Waals surface area contributed by atoms with Gasteiger partial charge in [-0.15, -0.1) is 0 Å². The number of nitrogens with two attached hydrogens (primary N) is 2. The van der Waals surface area contributed by atoms with Gasteiger partial charge in [-0.1, -0.05) is 6.07 Å². The molecule has 0 aliphatic rings. The average Bonchev–Trinajstić information content (AvgIpc) is 2.98. The summed E-state index contributed by atoms with van der Waals surface area (Å²) in [6, 6.07) is 13.2. The molecule has 0 spiro atoms. The predicted octanol–water partition coefficient (Wildman–Crippen LogP) is 4.07. The quantitative estimate of drug-likeness (QED) is 0.222. The van der Waals surface area contributed by atoms with Crippen LogP contribution in [0.5, 0.6) is 17.2 Å². The Kier molecular flexibility index (Phi) is 7.63. The Balaban J connectivity index is 1.35. The van der Waals surface area contributed by atoms with E-state index in [1.54, 1.807) is 39.0 Å². The van der Waals surface area contributed by atoms with Gasteiger partial charge in [-0.3, -0.25) is 15.0 Å². The Morgan fingerprint density at radius 3 is 2.48 bits per heavy atom. The third kappa shape index (κ3) is 5.58. The highest BCUT2D eigenvalue weighted by molar-refractivity contribution is 6.10. The molecule has 0 saturated carbocycles. The summed E-state index contributed by atoms with van der Waals surface area (Å²) in [5.41, 5.74) is 15.5. The lowest BCUT2D eigenvalue weighted by Gasteiger charge is -2.27. The first-order valence-corrected chi connectivity index (χ1v) is 12.9. The van der Waals surface area contributed by atoms with Crippen LogP contribution in [0.3, 0.4) is 0 Å². The first-order chi connectivity index (χ1) is 19.3. The van der Waals surface area contributed by atoms with Gasteiger partial charge < -0.3 is 31.0 Å². The number of fused-ring (bicyclic) bond motifs is 3. The Morgan fingerprint density at radius 2 is 1.73 bits per heavy atom. The minimum absolute atomic E-state index is 0.244. The van der Waals surface area contributed by atoms with Crippen molar-refractivity contribution in [2.75, 3.05) is 33.1 Å². The first-order valence-electron chi connectivity index (χ1n) is 12.9. The Labute approximate surface area is 232 Å². The number of hydrogen-bond acceptors (Lipinski definition) is 10. The van der Waals surface area contributed by atoms with E-state index in [9.17, 15) is 0 Å². The van der Waals surface area contributed by atoms with Gasteiger partial charge in [-0.05, 0) is 49.6 Å². The fraction of sp³-hybridized carbons (Fsp3) is 0.267. The second kappa shape index (κ2) is 11.3. The van der Waals surface area contributed by atoms with Crippen LogP contribution in [0.25, 0.3) is 32.9 Å². The summed E-state index contributed by atoms with van der Waals surface area (Å²) >= 11 is 0. The van der Waals surface area contributed by atoms with Crippen LogP contribution < -0.4 is 31.0 Å². The second-order valence-electron chi connectivity index (χ2n) is 10.0. The molecule has 0 saturated heterocycles. The van der Waals surface area contributed by atoms with Crippen molar-refractivity contribution < 1.29 is 14.2 Å². The zero-order valence-corrected chi connectivity index (χ0v) is 23.0. The number of benzene rings is 1. The van der Waals surface area contributed by atoms with E-state index in [0.29, 0.717) is 41.9 Å². The summed E-state index contributed by atoms with van der Waals surface area (Å²) in [6.07, 6.45) is 6.89. The molecule has 0 unspecified atom stereocenters. The summed E-state index contributed by atoms with van der Waals surface area (Å²) in [5, 5.41) is 5.98. The van der Waals surface area contributed by atoms with Crippen molar-refractivity contribution in [3.63, 3.8) is 0 Å². The molecule has 1 aromatic carbocycles. The molecule has 1 atom stereocenters. The molecule has 206 valence electrons. The zero-order valence-electron chi connectivity index (χ0n) is 23.0. The first kappa shape index (κ1) is 27.0. The van der Waals surface area contributed by atoms with Crippen molar-refractivity contribution in [3.8, 4) is 28.5 Å². The van der Waals surface area contributed by atoms with E-state index in [1.807, 2.05) is 42.5 Å². The van der Waals surface area contributed by atoms with Gasteiger partial charge in [0.1, 0.15) is 18.2 Å². The molecule has 5 aromatic rings. The van der Waals surface area contributed by atoms with Crippen molar-refractivity contribution in [2.45, 2.75) is 25.4 Å². The Morgan fingerprint density at radius 1 is 0.925 bits per heavy atom. The number of methoxy groups -OCH3 is 2. The molecule has 0 aliphatic carbocycles. The summed E-state index contributed by atoms with van der Waals surface area (Å²) in [6.45, 7) is 5.01. The van der Waals surface area contributed by atoms with Crippen molar-refractivity contribution in [3.05, 3.63) is 72.9 Å². The highest BCUT2D eigenvalue weighted by atomic mass is 16.5. The molecule has 4 aromatic heterocycles. The molecular formula is C30H33N7O3. The van der Waals surface area contributed by atoms with Gasteiger partial charge in [0.2, 0.25) is 0 Å². The van der Waals surface area contributed by atoms with Crippen molar-refractivity contribution in [2.24, 2.45) is 5.73 Å². The fourth-order valence-electron chi connectivity index (χ4n) is 4.52. The van der Waals surface area contributed by atoms with Crippen molar-refractivity contribution in [1.29, 1.82) is 0 Å². The van der Waals surface area contributed by atoms with E-state index in [1.165, 1.54) is 0 Å². The summed E-state index contributed by atoms with van der Waals surface area (Å²) in [7, 11) is 3.20. The normalized spacial score (nSPS) is 12.4. The van der Waals surface area contributed by atoms with Gasteiger partial charge in [0.05, 0.1) is 48.9 Å². The molecule has 0 amide bonds. The third-order valence-corrected chi connectivity index (χ3v) is 6.80. The lowest BCUT2D eigenvalue weighted by Crippen LogP contribution is -2.46. The van der Waals surface area contributed by atoms with Gasteiger partial charge in [0.25, 0.3) is 0 Å². The predicted molar refractivity (Wildman–Crippen MR) is 157 cm³/mol. The van der Waals surface area contributed by atoms with E-state index < -0.39 is 0 Å². The largest absolute Gasteiger partial charge is 0.493 e. The summed E-state index contributed by atoms with van der Waals surface area (Å²) in [4.78, 5) is 18.0. The van der Waals surface area contributed by atoms with Crippen LogP contribution in [0.2, 0.25) is 0 Å². The minimum atomic E-state index is -0.323. The molecule has 10 heteroatoms. The summed E-state index contributed by atoms with van der Waals surface area (Å²) < 4.78 is 17.0. The molecule has 0 radical (unpaired) electrons. The average molecular weight is 540 g/mol. The van der Waals surface area contributed by atoms with Crippen molar-refractivity contribution in [1.82, 2.24) is 25.3 Å². The highest BCUT2D eigenvalue weighted by Crippen LogP contribution is 2.37. The number of nitrogen functional groups attached to an aromatic ring is 1. The summed E-state index contributed by atoms with van der Waals surface area (Å²) in [5.74, 6) is 2.16. The minimum Gasteiger partial charge on any atom is -0.493 e. The number of nitrogens with one attached hydrogen (secondary N) is 1. The lowest BCUT2D eigenvalue weighted by molar-refractivity contribution is 0.268. The standard InChI is InChI=1S/C30H33N7O3/c1-30(2,28-7-5-6-8-34-28)36-14-19(31)17-40-20-9-18(13-33-15-20)24-10-21-22-11-26(38-3)27(39-4)12-25(22)35-16-23(21)29(32)37-24/h5-13,15-16,19,36H,14,17,31H2,1-4H3,(H2,32,37)/t19-/m0/s1. The smallest absolute Gasteiger partial charge is 0.162 e. The molecule has 40 heavy (non-hydrogen) atoms. The molecule has 5 rings (SSSR count). The second-order valence-corrected chi connectivity index (χ2v) is 10.0. The Bertz CT molecular complexity index is 1640. The van der Waals surface area contributed by atoms with Crippen LogP contribution >= 0.6 is 0 Å². The van der Waals surface area contributed by atoms with E-state index in [2.05, 4.69) is 39.1 Å². The van der Waals surface area contributed by atoms with Crippen LogP contribution in [0.1, 0.15) is 19.5 Å². The number of hydrogen-bond donors (Lipinski definition) is 3. The van der Waals surface area contributed by atoms with E-state index >= 15 is 0 Å². The number of ether oxygens (including phenoxy) is 3. The van der Waals surface area contributed by atoms with Gasteiger partial charge in [-0.2, -0.15) is 0 Å². The number of anilines is 1. The molecule has 10 nitrogen and oxygen atoms in total. The van der Waals surface area contributed by atoms with E-state index in [0.717, 1.165) is 32.9 Å². The van der Waals surface area contributed by atoms with Crippen LogP contribution in [-0.4, -0.2) is 53.3 Å². The number of aromatic nitrogens is 4. The van der Waals surface area contributed by atoms with E-state index in [-0.39, 0.29) is 11.6 Å². The maximum atomic E-state index is 6.37. The molecule has 0 bridgehead atoms. The van der Waals surface area contributed by atoms with Crippen LogP contribution in [0.4, 0.5) is 5.82 Å². The van der Waals surface area contributed by atoms with Crippen molar-refractivity contribution >= 4 is 27.5 Å². The zero-order chi connectivity index (χ0) is 28.3. The lowest BCUT2D eigenvalue weighted by atomic mass is 9.99. The number of nitrogens with zero attached hydrogens (tertiary/aromatic N) is 4.